The molecule has 7 heteroatoms. The predicted molar refractivity (Wildman–Crippen MR) is 66.6 cm³/mol. The van der Waals surface area contributed by atoms with Crippen LogP contribution in [0.5, 0.6) is 0 Å². The zero-order chi connectivity index (χ0) is 12.5. The maximum atomic E-state index is 12.0. The number of hydrogen-bond donors (Lipinski definition) is 1. The summed E-state index contributed by atoms with van der Waals surface area (Å²) in [5.41, 5.74) is 2.53. The first kappa shape index (κ1) is 12.5. The van der Waals surface area contributed by atoms with Crippen molar-refractivity contribution >= 4 is 27.2 Å². The fraction of sp³-hybridized carbons (Fsp3) is 0.500. The smallest absolute Gasteiger partial charge is 0.271 e. The Labute approximate surface area is 105 Å². The van der Waals surface area contributed by atoms with Gasteiger partial charge >= 0.3 is 0 Å². The monoisotopic (exact) mass is 274 g/mol. The standard InChI is InChI=1S/C10H14N2O3S2/c1-3-8-4-5-10(16-8)17(13,14)12-9-6-7(2)15-11-9/h4-5,7H,3,6H2,1-2H3,(H,11,12)/t7-/m0/s1. The molecule has 0 bridgehead atoms. The molecule has 0 radical (unpaired) electrons. The van der Waals surface area contributed by atoms with Crippen molar-refractivity contribution in [3.8, 4) is 0 Å². The van der Waals surface area contributed by atoms with Crippen LogP contribution in [0.25, 0.3) is 0 Å². The summed E-state index contributed by atoms with van der Waals surface area (Å²) in [7, 11) is -3.59. The molecule has 1 saturated heterocycles. The average Bonchev–Trinajstić information content (AvgIpc) is 2.86. The lowest BCUT2D eigenvalue weighted by atomic mass is 10.3. The number of hydrogen-bond acceptors (Lipinski definition) is 4. The number of sulfonamides is 1. The Morgan fingerprint density at radius 3 is 2.88 bits per heavy atom. The molecule has 0 aromatic carbocycles. The van der Waals surface area contributed by atoms with Crippen molar-refractivity contribution in [3.63, 3.8) is 0 Å². The van der Waals surface area contributed by atoms with Crippen LogP contribution < -0.4 is 5.48 Å². The summed E-state index contributed by atoms with van der Waals surface area (Å²) in [5.74, 6) is 0.365. The molecule has 0 spiro atoms. The molecule has 1 aromatic rings. The van der Waals surface area contributed by atoms with E-state index in [1.54, 1.807) is 6.07 Å². The lowest BCUT2D eigenvalue weighted by molar-refractivity contribution is 0.0575. The van der Waals surface area contributed by atoms with E-state index < -0.39 is 10.0 Å². The quantitative estimate of drug-likeness (QED) is 0.911. The summed E-state index contributed by atoms with van der Waals surface area (Å²) < 4.78 is 27.9. The van der Waals surface area contributed by atoms with Gasteiger partial charge in [-0.25, -0.2) is 0 Å². The summed E-state index contributed by atoms with van der Waals surface area (Å²) in [6.07, 6.45) is 1.28. The van der Waals surface area contributed by atoms with Crippen LogP contribution >= 0.6 is 11.3 Å². The van der Waals surface area contributed by atoms with E-state index in [-0.39, 0.29) is 10.3 Å². The molecule has 0 amide bonds. The third kappa shape index (κ3) is 2.85. The first-order chi connectivity index (χ1) is 8.01. The molecule has 1 fully saturated rings. The van der Waals surface area contributed by atoms with E-state index in [2.05, 4.69) is 9.88 Å². The molecule has 0 saturated carbocycles. The number of thiophene rings is 1. The Kier molecular flexibility index (Phi) is 3.50. The minimum Gasteiger partial charge on any atom is -0.271 e. The lowest BCUT2D eigenvalue weighted by Crippen LogP contribution is -2.14. The van der Waals surface area contributed by atoms with Crippen LogP contribution in [0.4, 0.5) is 0 Å². The Hall–Kier alpha value is -0.920. The van der Waals surface area contributed by atoms with Gasteiger partial charge in [-0.1, -0.05) is 6.92 Å². The Morgan fingerprint density at radius 2 is 2.35 bits per heavy atom. The Bertz CT molecular complexity index is 534. The molecule has 17 heavy (non-hydrogen) atoms. The Balaban J connectivity index is 2.25. The van der Waals surface area contributed by atoms with Crippen LogP contribution in [0.1, 0.15) is 25.1 Å². The maximum Gasteiger partial charge on any atom is 0.293 e. The van der Waals surface area contributed by atoms with Gasteiger partial charge in [0.25, 0.3) is 10.0 Å². The largest absolute Gasteiger partial charge is 0.293 e. The van der Waals surface area contributed by atoms with Crippen molar-refractivity contribution in [1.29, 1.82) is 0 Å². The van der Waals surface area contributed by atoms with Gasteiger partial charge in [0, 0.05) is 11.3 Å². The Morgan fingerprint density at radius 1 is 1.59 bits per heavy atom. The lowest BCUT2D eigenvalue weighted by Gasteiger charge is -1.96. The van der Waals surface area contributed by atoms with Crippen molar-refractivity contribution in [2.24, 2.45) is 4.40 Å². The van der Waals surface area contributed by atoms with Gasteiger partial charge < -0.3 is 0 Å². The van der Waals surface area contributed by atoms with Crippen LogP contribution in [-0.2, 0) is 21.3 Å². The van der Waals surface area contributed by atoms with Crippen LogP contribution in [0, 0.1) is 0 Å². The SMILES string of the molecule is CCc1ccc(S(=O)(=O)N=C2C[C@H](C)ON2)s1. The van der Waals surface area contributed by atoms with E-state index in [0.717, 1.165) is 11.3 Å². The molecule has 2 rings (SSSR count). The van der Waals surface area contributed by atoms with Crippen molar-refractivity contribution in [1.82, 2.24) is 5.48 Å². The fourth-order valence-corrected chi connectivity index (χ4v) is 3.72. The zero-order valence-electron chi connectivity index (χ0n) is 9.63. The predicted octanol–water partition coefficient (Wildman–Crippen LogP) is 1.71. The van der Waals surface area contributed by atoms with Crippen molar-refractivity contribution < 1.29 is 13.3 Å². The molecular weight excluding hydrogens is 260 g/mol. The van der Waals surface area contributed by atoms with E-state index in [0.29, 0.717) is 12.3 Å². The minimum absolute atomic E-state index is 0.0431. The van der Waals surface area contributed by atoms with Crippen molar-refractivity contribution in [2.45, 2.75) is 37.0 Å². The normalized spacial score (nSPS) is 22.9. The first-order valence-electron chi connectivity index (χ1n) is 5.35. The van der Waals surface area contributed by atoms with Gasteiger partial charge in [-0.15, -0.1) is 15.7 Å². The summed E-state index contributed by atoms with van der Waals surface area (Å²) in [6, 6.07) is 3.42. The molecule has 0 aliphatic carbocycles. The van der Waals surface area contributed by atoms with Gasteiger partial charge in [0.15, 0.2) is 0 Å². The van der Waals surface area contributed by atoms with Crippen LogP contribution in [0.2, 0.25) is 0 Å². The molecular formula is C10H14N2O3S2. The molecule has 1 aliphatic rings. The highest BCUT2D eigenvalue weighted by molar-refractivity contribution is 7.92. The summed E-state index contributed by atoms with van der Waals surface area (Å²) in [6.45, 7) is 3.84. The number of rotatable bonds is 3. The second kappa shape index (κ2) is 4.75. The number of nitrogens with one attached hydrogen (secondary N) is 1. The van der Waals surface area contributed by atoms with Gasteiger partial charge in [0.2, 0.25) is 0 Å². The third-order valence-electron chi connectivity index (χ3n) is 2.33. The highest BCUT2D eigenvalue weighted by Gasteiger charge is 2.22. The molecule has 1 atom stereocenters. The molecule has 5 nitrogen and oxygen atoms in total. The van der Waals surface area contributed by atoms with Crippen LogP contribution in [0.15, 0.2) is 20.7 Å². The first-order valence-corrected chi connectivity index (χ1v) is 7.61. The zero-order valence-corrected chi connectivity index (χ0v) is 11.3. The van der Waals surface area contributed by atoms with Crippen molar-refractivity contribution in [2.75, 3.05) is 0 Å². The summed E-state index contributed by atoms with van der Waals surface area (Å²) in [4.78, 5) is 6.07. The van der Waals surface area contributed by atoms with E-state index in [4.69, 9.17) is 4.84 Å². The fourth-order valence-electron chi connectivity index (χ4n) is 1.46. The van der Waals surface area contributed by atoms with E-state index >= 15 is 0 Å². The molecule has 1 aliphatic heterocycles. The third-order valence-corrected chi connectivity index (χ3v) is 5.34. The summed E-state index contributed by atoms with van der Waals surface area (Å²) >= 11 is 1.26. The van der Waals surface area contributed by atoms with Gasteiger partial charge in [0.1, 0.15) is 10.0 Å². The van der Waals surface area contributed by atoms with Gasteiger partial charge in [0.05, 0.1) is 6.10 Å². The van der Waals surface area contributed by atoms with Crippen LogP contribution in [-0.4, -0.2) is 20.4 Å². The number of amidine groups is 1. The van der Waals surface area contributed by atoms with Gasteiger partial charge in [-0.3, -0.25) is 10.3 Å². The van der Waals surface area contributed by atoms with E-state index in [1.165, 1.54) is 11.3 Å². The van der Waals surface area contributed by atoms with E-state index in [1.807, 2.05) is 19.9 Å². The number of hydroxylamine groups is 1. The highest BCUT2D eigenvalue weighted by atomic mass is 32.2. The maximum absolute atomic E-state index is 12.0. The second-order valence-corrected chi connectivity index (χ2v) is 6.82. The number of nitrogens with zero attached hydrogens (tertiary/aromatic N) is 1. The van der Waals surface area contributed by atoms with Crippen molar-refractivity contribution in [3.05, 3.63) is 17.0 Å². The summed E-state index contributed by atoms with van der Waals surface area (Å²) in [5, 5.41) is 0. The van der Waals surface area contributed by atoms with E-state index in [9.17, 15) is 8.42 Å². The molecule has 1 aromatic heterocycles. The van der Waals surface area contributed by atoms with Crippen LogP contribution in [0.3, 0.4) is 0 Å². The average molecular weight is 274 g/mol. The molecule has 94 valence electrons. The molecule has 1 N–H and O–H groups in total. The number of aryl methyl sites for hydroxylation is 1. The highest BCUT2D eigenvalue weighted by Crippen LogP contribution is 2.24. The topological polar surface area (TPSA) is 67.8 Å². The minimum atomic E-state index is -3.59. The molecule has 0 unspecified atom stereocenters. The second-order valence-electron chi connectivity index (χ2n) is 3.82. The van der Waals surface area contributed by atoms with Gasteiger partial charge in [-0.05, 0) is 25.5 Å². The molecule has 2 heterocycles. The van der Waals surface area contributed by atoms with Gasteiger partial charge in [-0.2, -0.15) is 8.42 Å².